The molecular formula is C16H27N3O. The van der Waals surface area contributed by atoms with E-state index in [0.29, 0.717) is 18.2 Å². The van der Waals surface area contributed by atoms with E-state index in [0.717, 1.165) is 30.8 Å². The van der Waals surface area contributed by atoms with Crippen molar-refractivity contribution in [2.24, 2.45) is 0 Å². The van der Waals surface area contributed by atoms with Gasteiger partial charge in [-0.3, -0.25) is 4.79 Å². The Labute approximate surface area is 122 Å². The maximum Gasteiger partial charge on any atom is 0.224 e. The lowest BCUT2D eigenvalue weighted by Crippen LogP contribution is -2.32. The average Bonchev–Trinajstić information content (AvgIpc) is 2.38. The number of nitrogen functional groups attached to an aromatic ring is 1. The average molecular weight is 277 g/mol. The number of aryl methyl sites for hydroxylation is 1. The highest BCUT2D eigenvalue weighted by Crippen LogP contribution is 2.18. The van der Waals surface area contributed by atoms with Gasteiger partial charge in [-0.05, 0) is 58.0 Å². The quantitative estimate of drug-likeness (QED) is 0.753. The highest BCUT2D eigenvalue weighted by atomic mass is 16.1. The third kappa shape index (κ3) is 5.21. The number of carbonyl (C=O) groups is 1. The van der Waals surface area contributed by atoms with Crippen LogP contribution in [0.2, 0.25) is 0 Å². The number of benzene rings is 1. The summed E-state index contributed by atoms with van der Waals surface area (Å²) in [7, 11) is 0. The van der Waals surface area contributed by atoms with Gasteiger partial charge in [0.2, 0.25) is 5.91 Å². The van der Waals surface area contributed by atoms with E-state index in [-0.39, 0.29) is 5.91 Å². The molecule has 0 unspecified atom stereocenters. The van der Waals surface area contributed by atoms with Gasteiger partial charge in [0.1, 0.15) is 0 Å². The van der Waals surface area contributed by atoms with Crippen molar-refractivity contribution in [1.29, 1.82) is 0 Å². The fourth-order valence-electron chi connectivity index (χ4n) is 2.21. The first-order chi connectivity index (χ1) is 9.43. The minimum atomic E-state index is 0.0542. The van der Waals surface area contributed by atoms with Gasteiger partial charge in [0, 0.05) is 23.8 Å². The van der Waals surface area contributed by atoms with Gasteiger partial charge in [-0.1, -0.05) is 13.0 Å². The van der Waals surface area contributed by atoms with Crippen LogP contribution in [0.4, 0.5) is 11.4 Å². The Morgan fingerprint density at radius 1 is 1.40 bits per heavy atom. The normalized spacial score (nSPS) is 11.1. The summed E-state index contributed by atoms with van der Waals surface area (Å²) in [5.41, 5.74) is 8.25. The molecule has 4 nitrogen and oxygen atoms in total. The summed E-state index contributed by atoms with van der Waals surface area (Å²) in [6, 6.07) is 6.09. The minimum absolute atomic E-state index is 0.0542. The second kappa shape index (κ2) is 7.90. The minimum Gasteiger partial charge on any atom is -0.399 e. The van der Waals surface area contributed by atoms with Gasteiger partial charge in [-0.15, -0.1) is 0 Å². The molecular weight excluding hydrogens is 250 g/mol. The summed E-state index contributed by atoms with van der Waals surface area (Å²) in [6.45, 7) is 10.5. The van der Waals surface area contributed by atoms with E-state index in [2.05, 4.69) is 31.0 Å². The molecule has 0 saturated carbocycles. The molecule has 0 atom stereocenters. The van der Waals surface area contributed by atoms with Crippen molar-refractivity contribution in [1.82, 2.24) is 4.90 Å². The topological polar surface area (TPSA) is 58.4 Å². The molecule has 112 valence electrons. The van der Waals surface area contributed by atoms with Crippen molar-refractivity contribution in [3.8, 4) is 0 Å². The predicted octanol–water partition coefficient (Wildman–Crippen LogP) is 3.03. The van der Waals surface area contributed by atoms with Crippen molar-refractivity contribution in [2.75, 3.05) is 24.1 Å². The summed E-state index contributed by atoms with van der Waals surface area (Å²) in [5, 5.41) is 2.93. The van der Waals surface area contributed by atoms with E-state index in [1.807, 2.05) is 19.1 Å². The maximum atomic E-state index is 11.9. The molecule has 0 spiro atoms. The summed E-state index contributed by atoms with van der Waals surface area (Å²) >= 11 is 0. The number of anilines is 2. The van der Waals surface area contributed by atoms with Crippen LogP contribution >= 0.6 is 0 Å². The first-order valence-corrected chi connectivity index (χ1v) is 7.34. The zero-order valence-corrected chi connectivity index (χ0v) is 13.1. The van der Waals surface area contributed by atoms with Gasteiger partial charge in [0.15, 0.2) is 0 Å². The Morgan fingerprint density at radius 2 is 2.10 bits per heavy atom. The zero-order valence-electron chi connectivity index (χ0n) is 13.1. The smallest absolute Gasteiger partial charge is 0.224 e. The van der Waals surface area contributed by atoms with Crippen LogP contribution in [0.25, 0.3) is 0 Å². The predicted molar refractivity (Wildman–Crippen MR) is 85.8 cm³/mol. The molecule has 0 aromatic heterocycles. The molecule has 0 bridgehead atoms. The van der Waals surface area contributed by atoms with Crippen molar-refractivity contribution in [2.45, 2.75) is 46.6 Å². The van der Waals surface area contributed by atoms with Crippen molar-refractivity contribution in [3.63, 3.8) is 0 Å². The third-order valence-corrected chi connectivity index (χ3v) is 3.52. The van der Waals surface area contributed by atoms with Gasteiger partial charge in [0.05, 0.1) is 0 Å². The van der Waals surface area contributed by atoms with Gasteiger partial charge in [-0.2, -0.15) is 0 Å². The van der Waals surface area contributed by atoms with Crippen LogP contribution in [0, 0.1) is 6.92 Å². The van der Waals surface area contributed by atoms with Crippen molar-refractivity contribution in [3.05, 3.63) is 23.8 Å². The van der Waals surface area contributed by atoms with Crippen LogP contribution in [0.3, 0.4) is 0 Å². The molecule has 20 heavy (non-hydrogen) atoms. The third-order valence-electron chi connectivity index (χ3n) is 3.52. The van der Waals surface area contributed by atoms with Crippen LogP contribution in [-0.2, 0) is 4.79 Å². The standard InChI is InChI=1S/C16H27N3O/c1-5-19(12(2)3)10-6-7-16(20)18-15-11-14(17)9-8-13(15)4/h8-9,11-12H,5-7,10,17H2,1-4H3,(H,18,20). The molecule has 3 N–H and O–H groups in total. The molecule has 0 saturated heterocycles. The lowest BCUT2D eigenvalue weighted by atomic mass is 10.1. The number of hydrogen-bond acceptors (Lipinski definition) is 3. The van der Waals surface area contributed by atoms with E-state index >= 15 is 0 Å². The van der Waals surface area contributed by atoms with Gasteiger partial charge >= 0.3 is 0 Å². The molecule has 0 aliphatic heterocycles. The Hall–Kier alpha value is -1.55. The van der Waals surface area contributed by atoms with Crippen LogP contribution in [-0.4, -0.2) is 29.9 Å². The number of nitrogens with zero attached hydrogens (tertiary/aromatic N) is 1. The number of carbonyl (C=O) groups excluding carboxylic acids is 1. The second-order valence-corrected chi connectivity index (χ2v) is 5.45. The maximum absolute atomic E-state index is 11.9. The number of nitrogens with one attached hydrogen (secondary N) is 1. The second-order valence-electron chi connectivity index (χ2n) is 5.45. The van der Waals surface area contributed by atoms with Gasteiger partial charge < -0.3 is 16.0 Å². The SMILES string of the molecule is CCN(CCCC(=O)Nc1cc(N)ccc1C)C(C)C. The van der Waals surface area contributed by atoms with Crippen LogP contribution in [0.15, 0.2) is 18.2 Å². The fourth-order valence-corrected chi connectivity index (χ4v) is 2.21. The molecule has 0 radical (unpaired) electrons. The van der Waals surface area contributed by atoms with Crippen LogP contribution in [0.5, 0.6) is 0 Å². The first kappa shape index (κ1) is 16.5. The van der Waals surface area contributed by atoms with Crippen LogP contribution < -0.4 is 11.1 Å². The lowest BCUT2D eigenvalue weighted by Gasteiger charge is -2.24. The first-order valence-electron chi connectivity index (χ1n) is 7.34. The van der Waals surface area contributed by atoms with Gasteiger partial charge in [-0.25, -0.2) is 0 Å². The highest BCUT2D eigenvalue weighted by molar-refractivity contribution is 5.91. The largest absolute Gasteiger partial charge is 0.399 e. The Balaban J connectivity index is 2.42. The lowest BCUT2D eigenvalue weighted by molar-refractivity contribution is -0.116. The van der Waals surface area contributed by atoms with E-state index in [1.54, 1.807) is 6.07 Å². The Bertz CT molecular complexity index is 443. The zero-order chi connectivity index (χ0) is 15.1. The fraction of sp³-hybridized carbons (Fsp3) is 0.562. The van der Waals surface area contributed by atoms with E-state index in [9.17, 15) is 4.79 Å². The molecule has 1 rings (SSSR count). The van der Waals surface area contributed by atoms with Crippen molar-refractivity contribution < 1.29 is 4.79 Å². The molecule has 0 fully saturated rings. The molecule has 1 aromatic rings. The summed E-state index contributed by atoms with van der Waals surface area (Å²) in [5.74, 6) is 0.0542. The summed E-state index contributed by atoms with van der Waals surface area (Å²) in [6.07, 6.45) is 1.41. The molecule has 0 heterocycles. The van der Waals surface area contributed by atoms with Gasteiger partial charge in [0.25, 0.3) is 0 Å². The Kier molecular flexibility index (Phi) is 6.52. The number of nitrogens with two attached hydrogens (primary N) is 1. The molecule has 0 aliphatic carbocycles. The molecule has 4 heteroatoms. The van der Waals surface area contributed by atoms with E-state index in [1.165, 1.54) is 0 Å². The van der Waals surface area contributed by atoms with Crippen LogP contribution in [0.1, 0.15) is 39.2 Å². The van der Waals surface area contributed by atoms with E-state index in [4.69, 9.17) is 5.73 Å². The highest BCUT2D eigenvalue weighted by Gasteiger charge is 2.09. The number of hydrogen-bond donors (Lipinski definition) is 2. The number of amides is 1. The molecule has 1 aromatic carbocycles. The Morgan fingerprint density at radius 3 is 2.70 bits per heavy atom. The monoisotopic (exact) mass is 277 g/mol. The summed E-state index contributed by atoms with van der Waals surface area (Å²) in [4.78, 5) is 14.3. The number of rotatable bonds is 7. The molecule has 0 aliphatic rings. The summed E-state index contributed by atoms with van der Waals surface area (Å²) < 4.78 is 0. The van der Waals surface area contributed by atoms with E-state index < -0.39 is 0 Å². The van der Waals surface area contributed by atoms with Crippen molar-refractivity contribution >= 4 is 17.3 Å². The molecule has 1 amide bonds.